The maximum absolute atomic E-state index is 12.6. The number of methoxy groups -OCH3 is 2. The predicted molar refractivity (Wildman–Crippen MR) is 115 cm³/mol. The molecule has 7 nitrogen and oxygen atoms in total. The number of piperazine rings is 1. The molecule has 0 spiro atoms. The van der Waals surface area contributed by atoms with Crippen molar-refractivity contribution in [2.75, 3.05) is 57.2 Å². The highest BCUT2D eigenvalue weighted by atomic mass is 32.1. The van der Waals surface area contributed by atoms with Crippen LogP contribution >= 0.6 is 11.3 Å². The van der Waals surface area contributed by atoms with Crippen LogP contribution in [0.25, 0.3) is 0 Å². The van der Waals surface area contributed by atoms with Crippen LogP contribution < -0.4 is 19.9 Å². The van der Waals surface area contributed by atoms with Crippen molar-refractivity contribution in [3.05, 3.63) is 40.3 Å². The molecule has 0 bridgehead atoms. The minimum Gasteiger partial charge on any atom is -0.495 e. The Morgan fingerprint density at radius 2 is 1.86 bits per heavy atom. The van der Waals surface area contributed by atoms with E-state index in [0.717, 1.165) is 48.1 Å². The van der Waals surface area contributed by atoms with E-state index in [1.165, 1.54) is 23.3 Å². The van der Waals surface area contributed by atoms with Crippen molar-refractivity contribution in [1.29, 1.82) is 0 Å². The summed E-state index contributed by atoms with van der Waals surface area (Å²) in [6.45, 7) is 7.60. The van der Waals surface area contributed by atoms with Crippen LogP contribution in [-0.2, 0) is 9.53 Å². The largest absolute Gasteiger partial charge is 0.495 e. The number of esters is 1. The van der Waals surface area contributed by atoms with Crippen molar-refractivity contribution in [3.63, 3.8) is 0 Å². The summed E-state index contributed by atoms with van der Waals surface area (Å²) < 4.78 is 10.3. The number of para-hydroxylation sites is 2. The van der Waals surface area contributed by atoms with E-state index >= 15 is 0 Å². The van der Waals surface area contributed by atoms with Gasteiger partial charge in [0.2, 0.25) is 0 Å². The standard InChI is InChI=1S/C21H27N3O4S/c1-14-15(2)29-20(19(14)21(26)28-4)22-18(25)13-23-9-11-24(12-10-23)16-7-5-6-8-17(16)27-3/h5-8H,9-13H2,1-4H3,(H,22,25)/p+1. The third-order valence-electron chi connectivity index (χ3n) is 5.33. The molecule has 156 valence electrons. The summed E-state index contributed by atoms with van der Waals surface area (Å²) in [7, 11) is 3.03. The van der Waals surface area contributed by atoms with Crippen LogP contribution in [-0.4, -0.2) is 58.8 Å². The highest BCUT2D eigenvalue weighted by molar-refractivity contribution is 7.16. The van der Waals surface area contributed by atoms with Gasteiger partial charge >= 0.3 is 5.97 Å². The second-order valence-electron chi connectivity index (χ2n) is 7.11. The Morgan fingerprint density at radius 3 is 2.52 bits per heavy atom. The molecule has 0 atom stereocenters. The maximum atomic E-state index is 12.6. The highest BCUT2D eigenvalue weighted by Gasteiger charge is 2.26. The molecule has 0 radical (unpaired) electrons. The first kappa shape index (κ1) is 21.1. The van der Waals surface area contributed by atoms with E-state index in [0.29, 0.717) is 17.1 Å². The predicted octanol–water partition coefficient (Wildman–Crippen LogP) is 1.50. The molecule has 3 rings (SSSR count). The number of quaternary nitrogens is 1. The smallest absolute Gasteiger partial charge is 0.341 e. The molecule has 8 heteroatoms. The van der Waals surface area contributed by atoms with Crippen LogP contribution in [0.3, 0.4) is 0 Å². The van der Waals surface area contributed by atoms with E-state index in [4.69, 9.17) is 9.47 Å². The number of aryl methyl sites for hydroxylation is 1. The van der Waals surface area contributed by atoms with Crippen molar-refractivity contribution in [1.82, 2.24) is 0 Å². The summed E-state index contributed by atoms with van der Waals surface area (Å²) in [5.74, 6) is 0.365. The van der Waals surface area contributed by atoms with Gasteiger partial charge in [0.1, 0.15) is 10.8 Å². The van der Waals surface area contributed by atoms with Crippen molar-refractivity contribution < 1.29 is 24.0 Å². The van der Waals surface area contributed by atoms with Crippen LogP contribution in [0.4, 0.5) is 10.7 Å². The molecular weight excluding hydrogens is 390 g/mol. The van der Waals surface area contributed by atoms with Gasteiger partial charge in [-0.05, 0) is 31.5 Å². The summed E-state index contributed by atoms with van der Waals surface area (Å²) >= 11 is 1.41. The van der Waals surface area contributed by atoms with E-state index in [9.17, 15) is 9.59 Å². The van der Waals surface area contributed by atoms with Crippen molar-refractivity contribution in [2.24, 2.45) is 0 Å². The Morgan fingerprint density at radius 1 is 1.17 bits per heavy atom. The van der Waals surface area contributed by atoms with Crippen LogP contribution in [0, 0.1) is 13.8 Å². The number of carbonyl (C=O) groups is 2. The second kappa shape index (κ2) is 9.28. The van der Waals surface area contributed by atoms with E-state index < -0.39 is 5.97 Å². The lowest BCUT2D eigenvalue weighted by Crippen LogP contribution is -3.15. The van der Waals surface area contributed by atoms with Gasteiger partial charge in [0, 0.05) is 4.88 Å². The van der Waals surface area contributed by atoms with Gasteiger partial charge in [-0.1, -0.05) is 12.1 Å². The van der Waals surface area contributed by atoms with Gasteiger partial charge in [-0.2, -0.15) is 0 Å². The quantitative estimate of drug-likeness (QED) is 0.696. The van der Waals surface area contributed by atoms with Crippen molar-refractivity contribution in [3.8, 4) is 5.75 Å². The fourth-order valence-electron chi connectivity index (χ4n) is 3.59. The monoisotopic (exact) mass is 418 g/mol. The average molecular weight is 419 g/mol. The number of nitrogens with one attached hydrogen (secondary N) is 2. The third kappa shape index (κ3) is 4.71. The molecule has 1 aliphatic rings. The lowest BCUT2D eigenvalue weighted by Gasteiger charge is -2.34. The molecule has 2 aromatic rings. The SMILES string of the molecule is COC(=O)c1c(NC(=O)C[NH+]2CCN(c3ccccc3OC)CC2)sc(C)c1C. The number of amides is 1. The molecule has 1 aliphatic heterocycles. The summed E-state index contributed by atoms with van der Waals surface area (Å²) in [5, 5.41) is 3.49. The first-order valence-corrected chi connectivity index (χ1v) is 10.5. The number of rotatable bonds is 6. The molecular formula is C21H28N3O4S+. The van der Waals surface area contributed by atoms with Gasteiger partial charge in [0.15, 0.2) is 6.54 Å². The van der Waals surface area contributed by atoms with Gasteiger partial charge < -0.3 is 24.6 Å². The zero-order chi connectivity index (χ0) is 21.0. The van der Waals surface area contributed by atoms with Gasteiger partial charge in [-0.15, -0.1) is 11.3 Å². The minimum atomic E-state index is -0.417. The number of benzene rings is 1. The average Bonchev–Trinajstić information content (AvgIpc) is 3.01. The van der Waals surface area contributed by atoms with Crippen LogP contribution in [0.1, 0.15) is 20.8 Å². The summed E-state index contributed by atoms with van der Waals surface area (Å²) in [4.78, 5) is 29.2. The van der Waals surface area contributed by atoms with Gasteiger partial charge in [-0.25, -0.2) is 4.79 Å². The lowest BCUT2D eigenvalue weighted by atomic mass is 10.1. The Kier molecular flexibility index (Phi) is 6.76. The third-order valence-corrected chi connectivity index (χ3v) is 6.46. The number of anilines is 2. The molecule has 1 fully saturated rings. The fraction of sp³-hybridized carbons (Fsp3) is 0.429. The zero-order valence-corrected chi connectivity index (χ0v) is 18.1. The van der Waals surface area contributed by atoms with Crippen molar-refractivity contribution >= 4 is 33.9 Å². The summed E-state index contributed by atoms with van der Waals surface area (Å²) in [5.41, 5.74) is 2.40. The topological polar surface area (TPSA) is 72.3 Å². The molecule has 0 aliphatic carbocycles. The first-order chi connectivity index (χ1) is 13.9. The maximum Gasteiger partial charge on any atom is 0.341 e. The van der Waals surface area contributed by atoms with E-state index in [-0.39, 0.29) is 5.91 Å². The number of carbonyl (C=O) groups excluding carboxylic acids is 2. The number of ether oxygens (including phenoxy) is 2. The second-order valence-corrected chi connectivity index (χ2v) is 8.34. The Hall–Kier alpha value is -2.58. The van der Waals surface area contributed by atoms with Crippen LogP contribution in [0.5, 0.6) is 5.75 Å². The van der Waals surface area contributed by atoms with Gasteiger partial charge in [-0.3, -0.25) is 4.79 Å². The van der Waals surface area contributed by atoms with Gasteiger partial charge in [0.05, 0.1) is 51.6 Å². The number of nitrogens with zero attached hydrogens (tertiary/aromatic N) is 1. The minimum absolute atomic E-state index is 0.0860. The molecule has 1 aromatic heterocycles. The number of hydrogen-bond acceptors (Lipinski definition) is 6. The molecule has 2 heterocycles. The summed E-state index contributed by atoms with van der Waals surface area (Å²) in [6, 6.07) is 8.00. The molecule has 1 aromatic carbocycles. The Bertz CT molecular complexity index is 888. The molecule has 0 saturated carbocycles. The van der Waals surface area contributed by atoms with Crippen LogP contribution in [0.15, 0.2) is 24.3 Å². The molecule has 1 saturated heterocycles. The lowest BCUT2D eigenvalue weighted by molar-refractivity contribution is -0.892. The zero-order valence-electron chi connectivity index (χ0n) is 17.3. The van der Waals surface area contributed by atoms with Crippen LogP contribution in [0.2, 0.25) is 0 Å². The Balaban J connectivity index is 1.58. The van der Waals surface area contributed by atoms with E-state index in [1.54, 1.807) is 7.11 Å². The van der Waals surface area contributed by atoms with E-state index in [1.807, 2.05) is 32.0 Å². The number of thiophene rings is 1. The first-order valence-electron chi connectivity index (χ1n) is 9.64. The van der Waals surface area contributed by atoms with Gasteiger partial charge in [0.25, 0.3) is 5.91 Å². The molecule has 1 amide bonds. The van der Waals surface area contributed by atoms with E-state index in [2.05, 4.69) is 16.3 Å². The molecule has 0 unspecified atom stereocenters. The normalized spacial score (nSPS) is 14.6. The number of hydrogen-bond donors (Lipinski definition) is 2. The highest BCUT2D eigenvalue weighted by Crippen LogP contribution is 2.32. The molecule has 29 heavy (non-hydrogen) atoms. The summed E-state index contributed by atoms with van der Waals surface area (Å²) in [6.07, 6.45) is 0. The molecule has 2 N–H and O–H groups in total. The fourth-order valence-corrected chi connectivity index (χ4v) is 4.66. The van der Waals surface area contributed by atoms with Crippen molar-refractivity contribution in [2.45, 2.75) is 13.8 Å². The Labute approximate surface area is 175 Å².